The zero-order valence-corrected chi connectivity index (χ0v) is 14.4. The predicted octanol–water partition coefficient (Wildman–Crippen LogP) is 5.94. The molecule has 1 heterocycles. The highest BCUT2D eigenvalue weighted by Gasteiger charge is 2.18. The van der Waals surface area contributed by atoms with Crippen molar-refractivity contribution in [2.45, 2.75) is 0 Å². The summed E-state index contributed by atoms with van der Waals surface area (Å²) in [5, 5.41) is 18.1. The number of carbonyl (C=O) groups is 1. The van der Waals surface area contributed by atoms with Gasteiger partial charge in [0.1, 0.15) is 17.7 Å². The molecule has 3 aromatic rings. The van der Waals surface area contributed by atoms with Crippen molar-refractivity contribution in [1.82, 2.24) is 0 Å². The van der Waals surface area contributed by atoms with Crippen LogP contribution in [0, 0.1) is 23.0 Å². The molecule has 130 valence electrons. The Morgan fingerprint density at radius 1 is 1.15 bits per heavy atom. The Balaban J connectivity index is 2.22. The molecule has 0 bridgehead atoms. The van der Waals surface area contributed by atoms with E-state index >= 15 is 0 Å². The molecule has 0 aliphatic heterocycles. The molecule has 26 heavy (non-hydrogen) atoms. The summed E-state index contributed by atoms with van der Waals surface area (Å²) in [5.41, 5.74) is 1.15. The first-order valence-electron chi connectivity index (χ1n) is 7.08. The minimum absolute atomic E-state index is 0.0470. The summed E-state index contributed by atoms with van der Waals surface area (Å²) in [5.74, 6) is -1.24. The van der Waals surface area contributed by atoms with E-state index in [0.29, 0.717) is 21.6 Å². The van der Waals surface area contributed by atoms with Gasteiger partial charge in [-0.2, -0.15) is 5.26 Å². The number of carboxylic acid groups (broad SMARTS) is 1. The first-order valence-corrected chi connectivity index (χ1v) is 8.28. The summed E-state index contributed by atoms with van der Waals surface area (Å²) in [6.45, 7) is 0. The lowest BCUT2D eigenvalue weighted by molar-refractivity contribution is 0.146. The van der Waals surface area contributed by atoms with Gasteiger partial charge in [0.05, 0.1) is 5.56 Å². The van der Waals surface area contributed by atoms with Crippen LogP contribution in [0.2, 0.25) is 5.02 Å². The number of halogens is 3. The molecule has 1 N–H and O–H groups in total. The summed E-state index contributed by atoms with van der Waals surface area (Å²) in [4.78, 5) is 11.3. The van der Waals surface area contributed by atoms with Crippen LogP contribution in [0.1, 0.15) is 5.56 Å². The maximum Gasteiger partial charge on any atom is 0.512 e. The van der Waals surface area contributed by atoms with Crippen LogP contribution in [0.15, 0.2) is 42.5 Å². The zero-order valence-electron chi connectivity index (χ0n) is 12.8. The monoisotopic (exact) mass is 391 g/mol. The third kappa shape index (κ3) is 3.67. The summed E-state index contributed by atoms with van der Waals surface area (Å²) in [6, 6.07) is 11.0. The van der Waals surface area contributed by atoms with E-state index in [1.54, 1.807) is 6.07 Å². The van der Waals surface area contributed by atoms with Crippen molar-refractivity contribution in [1.29, 1.82) is 5.26 Å². The number of rotatable bonds is 3. The fourth-order valence-electron chi connectivity index (χ4n) is 2.40. The quantitative estimate of drug-likeness (QED) is 0.561. The molecule has 3 rings (SSSR count). The summed E-state index contributed by atoms with van der Waals surface area (Å²) in [7, 11) is 0. The van der Waals surface area contributed by atoms with E-state index in [1.807, 2.05) is 0 Å². The number of nitriles is 1. The highest BCUT2D eigenvalue weighted by Crippen LogP contribution is 2.44. The maximum absolute atomic E-state index is 13.7. The van der Waals surface area contributed by atoms with Gasteiger partial charge < -0.3 is 9.84 Å². The van der Waals surface area contributed by atoms with Crippen molar-refractivity contribution < 1.29 is 23.4 Å². The largest absolute Gasteiger partial charge is 0.512 e. The number of thiophene rings is 1. The highest BCUT2D eigenvalue weighted by molar-refractivity contribution is 7.18. The minimum atomic E-state index is -1.50. The molecular formula is C18H8ClF2NO3S. The normalized spacial score (nSPS) is 10.4. The van der Waals surface area contributed by atoms with Crippen molar-refractivity contribution in [3.05, 3.63) is 64.7 Å². The number of hydrogen-bond acceptors (Lipinski definition) is 4. The molecule has 0 unspecified atom stereocenters. The van der Waals surface area contributed by atoms with Crippen LogP contribution < -0.4 is 4.74 Å². The molecule has 0 saturated carbocycles. The van der Waals surface area contributed by atoms with Gasteiger partial charge >= 0.3 is 6.16 Å². The molecule has 4 nitrogen and oxygen atoms in total. The first kappa shape index (κ1) is 17.9. The Kier molecular flexibility index (Phi) is 4.89. The van der Waals surface area contributed by atoms with Crippen molar-refractivity contribution in [2.75, 3.05) is 0 Å². The van der Waals surface area contributed by atoms with Gasteiger partial charge in [0.15, 0.2) is 5.06 Å². The summed E-state index contributed by atoms with van der Waals surface area (Å²) in [6.07, 6.45) is -1.50. The van der Waals surface area contributed by atoms with Crippen LogP contribution >= 0.6 is 22.9 Å². The van der Waals surface area contributed by atoms with Crippen LogP contribution in [-0.4, -0.2) is 11.3 Å². The van der Waals surface area contributed by atoms with Gasteiger partial charge in [-0.15, -0.1) is 0 Å². The van der Waals surface area contributed by atoms with Crippen molar-refractivity contribution >= 4 is 29.1 Å². The van der Waals surface area contributed by atoms with Gasteiger partial charge in [0.25, 0.3) is 0 Å². The molecule has 0 spiro atoms. The average molecular weight is 392 g/mol. The number of nitrogens with zero attached hydrogens (tertiary/aromatic N) is 1. The maximum atomic E-state index is 13.7. The summed E-state index contributed by atoms with van der Waals surface area (Å²) >= 11 is 6.87. The Hall–Kier alpha value is -2.95. The predicted molar refractivity (Wildman–Crippen MR) is 93.5 cm³/mol. The smallest absolute Gasteiger partial charge is 0.449 e. The number of ether oxygens (including phenoxy) is 1. The third-order valence-electron chi connectivity index (χ3n) is 3.42. The van der Waals surface area contributed by atoms with Crippen LogP contribution in [0.3, 0.4) is 0 Å². The van der Waals surface area contributed by atoms with Gasteiger partial charge in [0, 0.05) is 21.5 Å². The fraction of sp³-hybridized carbons (Fsp3) is 0. The van der Waals surface area contributed by atoms with Crippen molar-refractivity contribution in [3.63, 3.8) is 0 Å². The fourth-order valence-corrected chi connectivity index (χ4v) is 3.63. The van der Waals surface area contributed by atoms with Gasteiger partial charge in [-0.05, 0) is 41.5 Å². The molecule has 0 amide bonds. The lowest BCUT2D eigenvalue weighted by Crippen LogP contribution is -2.00. The van der Waals surface area contributed by atoms with Crippen LogP contribution in [0.25, 0.3) is 21.6 Å². The Morgan fingerprint density at radius 2 is 1.92 bits per heavy atom. The van der Waals surface area contributed by atoms with Crippen LogP contribution in [0.5, 0.6) is 5.06 Å². The van der Waals surface area contributed by atoms with Crippen LogP contribution in [-0.2, 0) is 0 Å². The van der Waals surface area contributed by atoms with E-state index < -0.39 is 17.8 Å². The second kappa shape index (κ2) is 7.12. The van der Waals surface area contributed by atoms with E-state index in [9.17, 15) is 13.6 Å². The average Bonchev–Trinajstić information content (AvgIpc) is 2.97. The lowest BCUT2D eigenvalue weighted by Gasteiger charge is -2.06. The standard InChI is InChI=1S/C18H8ClF2NO3S/c19-12-4-10(5-13(20)6-12)17-14(7-16(26-17)25-18(23)24)9-1-2-15(21)11(3-9)8-22/h1-7H,(H,23,24). The first-order chi connectivity index (χ1) is 12.4. The summed E-state index contributed by atoms with van der Waals surface area (Å²) < 4.78 is 32.0. The minimum Gasteiger partial charge on any atom is -0.449 e. The van der Waals surface area contributed by atoms with Gasteiger partial charge in [-0.3, -0.25) is 0 Å². The van der Waals surface area contributed by atoms with Gasteiger partial charge in [-0.25, -0.2) is 13.6 Å². The molecule has 0 aliphatic carbocycles. The van der Waals surface area contributed by atoms with E-state index in [4.69, 9.17) is 22.0 Å². The Labute approximate surface area is 155 Å². The highest BCUT2D eigenvalue weighted by atomic mass is 35.5. The molecule has 0 aliphatic rings. The molecular weight excluding hydrogens is 384 g/mol. The second-order valence-corrected chi connectivity index (χ2v) is 6.59. The molecule has 0 saturated heterocycles. The van der Waals surface area contributed by atoms with Crippen molar-refractivity contribution in [2.24, 2.45) is 0 Å². The SMILES string of the molecule is N#Cc1cc(-c2cc(OC(=O)O)sc2-c2cc(F)cc(Cl)c2)ccc1F. The van der Waals surface area contributed by atoms with E-state index in [0.717, 1.165) is 23.5 Å². The molecule has 1 aromatic heterocycles. The molecule has 2 aromatic carbocycles. The molecule has 0 atom stereocenters. The van der Waals surface area contributed by atoms with Gasteiger partial charge in [-0.1, -0.05) is 29.0 Å². The molecule has 8 heteroatoms. The zero-order chi connectivity index (χ0) is 18.8. The third-order valence-corrected chi connectivity index (χ3v) is 4.70. The van der Waals surface area contributed by atoms with Crippen LogP contribution in [0.4, 0.5) is 13.6 Å². The number of benzene rings is 2. The van der Waals surface area contributed by atoms with E-state index in [1.165, 1.54) is 30.3 Å². The topological polar surface area (TPSA) is 70.3 Å². The van der Waals surface area contributed by atoms with Crippen molar-refractivity contribution in [3.8, 4) is 32.7 Å². The lowest BCUT2D eigenvalue weighted by atomic mass is 10.0. The van der Waals surface area contributed by atoms with E-state index in [-0.39, 0.29) is 15.6 Å². The molecule has 0 fully saturated rings. The number of hydrogen-bond donors (Lipinski definition) is 1. The Bertz CT molecular complexity index is 1040. The van der Waals surface area contributed by atoms with E-state index in [2.05, 4.69) is 4.74 Å². The molecule has 0 radical (unpaired) electrons. The Morgan fingerprint density at radius 3 is 2.58 bits per heavy atom. The van der Waals surface area contributed by atoms with Gasteiger partial charge in [0.2, 0.25) is 0 Å². The second-order valence-electron chi connectivity index (χ2n) is 5.14.